The maximum atomic E-state index is 15.6. The maximum Gasteiger partial charge on any atom is 0.284 e. The molecule has 242 valence electrons. The zero-order chi connectivity index (χ0) is 31.1. The lowest BCUT2D eigenvalue weighted by Gasteiger charge is -2.34. The fraction of sp³-hybridized carbons (Fsp3) is 0.676. The summed E-state index contributed by atoms with van der Waals surface area (Å²) in [6.45, 7) is 7.17. The van der Waals surface area contributed by atoms with E-state index in [-0.39, 0.29) is 36.5 Å². The molecule has 0 N–H and O–H groups in total. The minimum Gasteiger partial charge on any atom is -0.478 e. The van der Waals surface area contributed by atoms with E-state index in [1.165, 1.54) is 31.0 Å². The van der Waals surface area contributed by atoms with Gasteiger partial charge in [-0.2, -0.15) is 9.37 Å². The number of hydrogen-bond donors (Lipinski definition) is 0. The molecule has 0 saturated carbocycles. The van der Waals surface area contributed by atoms with Crippen LogP contribution in [-0.4, -0.2) is 38.0 Å². The summed E-state index contributed by atoms with van der Waals surface area (Å²) in [6.07, 6.45) is 10.5. The summed E-state index contributed by atoms with van der Waals surface area (Å²) < 4.78 is 93.0. The Hall–Kier alpha value is -2.26. The highest BCUT2D eigenvalue weighted by molar-refractivity contribution is 5.41. The van der Waals surface area contributed by atoms with Gasteiger partial charge in [0.2, 0.25) is 11.8 Å². The average Bonchev–Trinajstić information content (AvgIpc) is 2.97. The van der Waals surface area contributed by atoms with Crippen molar-refractivity contribution in [1.29, 1.82) is 0 Å². The van der Waals surface area contributed by atoms with E-state index in [0.717, 1.165) is 51.6 Å². The molecule has 0 amide bonds. The largest absolute Gasteiger partial charge is 0.478 e. The molecular weight excluding hydrogens is 565 g/mol. The van der Waals surface area contributed by atoms with Crippen molar-refractivity contribution in [2.45, 2.75) is 116 Å². The molecule has 1 aliphatic rings. The molecule has 1 heterocycles. The molecule has 1 aliphatic carbocycles. The fourth-order valence-electron chi connectivity index (χ4n) is 5.49. The predicted octanol–water partition coefficient (Wildman–Crippen LogP) is 9.61. The molecule has 43 heavy (non-hydrogen) atoms. The monoisotopic (exact) mass is 613 g/mol. The molecular formula is C34H48F5NO3. The number of fused-ring (bicyclic) bond motifs is 1. The summed E-state index contributed by atoms with van der Waals surface area (Å²) in [4.78, 5) is 3.62. The molecule has 0 fully saturated rings. The SMILES string of the molecule is CCCCCCOCCCCCc1ccc(C2CCc3cc(OCCCCOCCCC)nc(F)c3C2(F)F)c(F)c1F. The maximum absolute atomic E-state index is 15.6. The second-order valence-corrected chi connectivity index (χ2v) is 11.4. The highest BCUT2D eigenvalue weighted by Gasteiger charge is 2.50. The van der Waals surface area contributed by atoms with Crippen LogP contribution in [0.4, 0.5) is 22.0 Å². The quantitative estimate of drug-likeness (QED) is 0.0799. The highest BCUT2D eigenvalue weighted by Crippen LogP contribution is 2.51. The Bertz CT molecular complexity index is 1110. The van der Waals surface area contributed by atoms with Crippen LogP contribution in [0.1, 0.15) is 119 Å². The fourth-order valence-corrected chi connectivity index (χ4v) is 5.49. The molecule has 1 aromatic carbocycles. The Morgan fingerprint density at radius 2 is 1.40 bits per heavy atom. The molecule has 2 aromatic rings. The standard InChI is InChI=1S/C34H48F5NO3/c1-3-5-7-10-20-42-21-11-8-9-14-25-15-17-27(32(36)31(25)35)28-18-16-26-24-29(40-33(37)30(26)34(28,38)39)43-23-13-12-22-41-19-6-4-2/h15,17,24,28H,3-14,16,18-23H2,1-2H3. The summed E-state index contributed by atoms with van der Waals surface area (Å²) >= 11 is 0. The highest BCUT2D eigenvalue weighted by atomic mass is 19.3. The molecule has 3 rings (SSSR count). The van der Waals surface area contributed by atoms with E-state index in [2.05, 4.69) is 18.8 Å². The van der Waals surface area contributed by atoms with Gasteiger partial charge >= 0.3 is 0 Å². The number of alkyl halides is 2. The first-order valence-electron chi connectivity index (χ1n) is 16.1. The first-order valence-corrected chi connectivity index (χ1v) is 16.1. The smallest absolute Gasteiger partial charge is 0.284 e. The van der Waals surface area contributed by atoms with Gasteiger partial charge in [0.15, 0.2) is 11.6 Å². The third kappa shape index (κ3) is 10.4. The lowest BCUT2D eigenvalue weighted by atomic mass is 9.77. The van der Waals surface area contributed by atoms with E-state index in [4.69, 9.17) is 14.2 Å². The Labute approximate surface area is 253 Å². The van der Waals surface area contributed by atoms with Gasteiger partial charge in [0.1, 0.15) is 0 Å². The van der Waals surface area contributed by atoms with Crippen LogP contribution in [0.3, 0.4) is 0 Å². The average molecular weight is 614 g/mol. The molecule has 1 aromatic heterocycles. The van der Waals surface area contributed by atoms with Crippen molar-refractivity contribution in [3.05, 3.63) is 58.0 Å². The van der Waals surface area contributed by atoms with Gasteiger partial charge in [-0.15, -0.1) is 0 Å². The lowest BCUT2D eigenvalue weighted by molar-refractivity contribution is -0.0486. The number of benzene rings is 1. The van der Waals surface area contributed by atoms with Gasteiger partial charge in [-0.05, 0) is 68.9 Å². The van der Waals surface area contributed by atoms with Gasteiger partial charge in [0.05, 0.1) is 18.1 Å². The number of unbranched alkanes of at least 4 members (excludes halogenated alkanes) is 7. The number of nitrogens with zero attached hydrogens (tertiary/aromatic N) is 1. The lowest BCUT2D eigenvalue weighted by Crippen LogP contribution is -2.32. The Balaban J connectivity index is 1.53. The number of ether oxygens (including phenoxy) is 3. The molecule has 0 saturated heterocycles. The van der Waals surface area contributed by atoms with E-state index in [1.807, 2.05) is 0 Å². The van der Waals surface area contributed by atoms with Crippen molar-refractivity contribution < 1.29 is 36.2 Å². The molecule has 0 spiro atoms. The number of halogens is 5. The number of pyridine rings is 1. The van der Waals surface area contributed by atoms with Crippen molar-refractivity contribution in [2.75, 3.05) is 33.0 Å². The van der Waals surface area contributed by atoms with Gasteiger partial charge in [0.25, 0.3) is 5.92 Å². The summed E-state index contributed by atoms with van der Waals surface area (Å²) in [5.74, 6) is -9.25. The van der Waals surface area contributed by atoms with Crippen LogP contribution in [0.15, 0.2) is 18.2 Å². The molecule has 9 heteroatoms. The van der Waals surface area contributed by atoms with E-state index < -0.39 is 40.5 Å². The van der Waals surface area contributed by atoms with Crippen LogP contribution in [0, 0.1) is 17.6 Å². The van der Waals surface area contributed by atoms with Crippen LogP contribution in [0.25, 0.3) is 0 Å². The number of aromatic nitrogens is 1. The Morgan fingerprint density at radius 3 is 2.09 bits per heavy atom. The molecule has 0 radical (unpaired) electrons. The van der Waals surface area contributed by atoms with Crippen molar-refractivity contribution >= 4 is 0 Å². The summed E-state index contributed by atoms with van der Waals surface area (Å²) in [5, 5.41) is 0. The van der Waals surface area contributed by atoms with Crippen molar-refractivity contribution in [2.24, 2.45) is 0 Å². The summed E-state index contributed by atoms with van der Waals surface area (Å²) in [7, 11) is 0. The first-order chi connectivity index (χ1) is 20.8. The number of rotatable bonds is 21. The van der Waals surface area contributed by atoms with Gasteiger partial charge in [0, 0.05) is 38.1 Å². The van der Waals surface area contributed by atoms with Crippen molar-refractivity contribution in [3.63, 3.8) is 0 Å². The first kappa shape index (κ1) is 35.2. The number of hydrogen-bond acceptors (Lipinski definition) is 4. The van der Waals surface area contributed by atoms with E-state index in [0.29, 0.717) is 39.1 Å². The minimum atomic E-state index is -3.76. The topological polar surface area (TPSA) is 40.6 Å². The van der Waals surface area contributed by atoms with Crippen molar-refractivity contribution in [1.82, 2.24) is 4.98 Å². The van der Waals surface area contributed by atoms with Gasteiger partial charge in [-0.25, -0.2) is 17.6 Å². The summed E-state index contributed by atoms with van der Waals surface area (Å²) in [6, 6.07) is 3.94. The van der Waals surface area contributed by atoms with E-state index in [1.54, 1.807) is 0 Å². The molecule has 4 nitrogen and oxygen atoms in total. The Morgan fingerprint density at radius 1 is 0.767 bits per heavy atom. The van der Waals surface area contributed by atoms with Gasteiger partial charge < -0.3 is 14.2 Å². The van der Waals surface area contributed by atoms with E-state index in [9.17, 15) is 8.78 Å². The van der Waals surface area contributed by atoms with Crippen LogP contribution in [-0.2, 0) is 28.2 Å². The van der Waals surface area contributed by atoms with Gasteiger partial charge in [-0.1, -0.05) is 58.1 Å². The number of aryl methyl sites for hydroxylation is 2. The molecule has 1 unspecified atom stereocenters. The normalized spacial score (nSPS) is 15.9. The molecule has 1 atom stereocenters. The second-order valence-electron chi connectivity index (χ2n) is 11.4. The second kappa shape index (κ2) is 18.5. The van der Waals surface area contributed by atoms with Crippen LogP contribution >= 0.6 is 0 Å². The van der Waals surface area contributed by atoms with E-state index >= 15 is 13.2 Å². The predicted molar refractivity (Wildman–Crippen MR) is 158 cm³/mol. The van der Waals surface area contributed by atoms with Crippen LogP contribution in [0.5, 0.6) is 5.88 Å². The van der Waals surface area contributed by atoms with Crippen molar-refractivity contribution in [3.8, 4) is 5.88 Å². The zero-order valence-corrected chi connectivity index (χ0v) is 25.8. The minimum absolute atomic E-state index is 0.0579. The van der Waals surface area contributed by atoms with Crippen LogP contribution < -0.4 is 4.74 Å². The zero-order valence-electron chi connectivity index (χ0n) is 25.8. The van der Waals surface area contributed by atoms with Crippen LogP contribution in [0.2, 0.25) is 0 Å². The molecule has 0 bridgehead atoms. The third-order valence-electron chi connectivity index (χ3n) is 8.03. The molecule has 0 aliphatic heterocycles. The Kier molecular flexibility index (Phi) is 15.2. The summed E-state index contributed by atoms with van der Waals surface area (Å²) in [5.41, 5.74) is -1.07. The third-order valence-corrected chi connectivity index (χ3v) is 8.03. The van der Waals surface area contributed by atoms with Gasteiger partial charge in [-0.3, -0.25) is 0 Å².